The van der Waals surface area contributed by atoms with E-state index < -0.39 is 12.1 Å². The molecule has 0 bridgehead atoms. The molecule has 0 aromatic heterocycles. The van der Waals surface area contributed by atoms with E-state index in [9.17, 15) is 15.0 Å². The van der Waals surface area contributed by atoms with E-state index in [2.05, 4.69) is 55.6 Å². The minimum atomic E-state index is -0.861. The summed E-state index contributed by atoms with van der Waals surface area (Å²) in [6.45, 7) is 4.29. The van der Waals surface area contributed by atoms with Gasteiger partial charge in [-0.3, -0.25) is 4.79 Å². The van der Waals surface area contributed by atoms with Gasteiger partial charge in [0.1, 0.15) is 0 Å². The molecule has 0 aromatic rings. The molecule has 0 saturated carbocycles. The van der Waals surface area contributed by atoms with Crippen LogP contribution in [0.5, 0.6) is 0 Å². The first-order valence-electron chi connectivity index (χ1n) is 24.9. The zero-order valence-electron chi connectivity index (χ0n) is 37.7. The van der Waals surface area contributed by atoms with E-state index in [0.717, 1.165) is 38.5 Å². The summed E-state index contributed by atoms with van der Waals surface area (Å²) < 4.78 is 0. The van der Waals surface area contributed by atoms with Crippen LogP contribution in [-0.2, 0) is 4.79 Å². The summed E-state index contributed by atoms with van der Waals surface area (Å²) in [5.74, 6) is -0.0739. The fourth-order valence-electron chi connectivity index (χ4n) is 7.46. The number of aliphatic hydroxyl groups is 2. The van der Waals surface area contributed by atoms with Gasteiger partial charge in [0.15, 0.2) is 0 Å². The summed E-state index contributed by atoms with van der Waals surface area (Å²) in [6.07, 6.45) is 65.4. The molecule has 0 aliphatic rings. The van der Waals surface area contributed by atoms with Gasteiger partial charge in [-0.05, 0) is 64.2 Å². The standard InChI is InChI=1S/C52H97NO3/c1-3-5-7-9-11-13-15-17-18-19-20-21-22-23-24-25-26-27-28-29-30-31-32-33-34-36-38-40-42-44-46-48-52(56)53-50(49-54)51(55)47-45-43-41-39-37-35-16-14-12-10-8-6-4-2/h20-21,23-24,37,39,45,47,50-51,54-55H,3-19,22,25-36,38,40-44,46,48-49H2,1-2H3,(H,53,56)/b21-20-,24-23-,39-37+,47-45+. The molecule has 0 saturated heterocycles. The number of aliphatic hydroxyl groups excluding tert-OH is 2. The molecule has 2 atom stereocenters. The molecule has 2 unspecified atom stereocenters. The Hall–Kier alpha value is -1.65. The van der Waals surface area contributed by atoms with Crippen LogP contribution in [0.25, 0.3) is 0 Å². The molecule has 4 heteroatoms. The monoisotopic (exact) mass is 784 g/mol. The van der Waals surface area contributed by atoms with Crippen LogP contribution >= 0.6 is 0 Å². The Morgan fingerprint density at radius 2 is 0.750 bits per heavy atom. The molecule has 56 heavy (non-hydrogen) atoms. The SMILES string of the molecule is CCCCCCCCC/C=C/CC/C=C/C(O)C(CO)NC(=O)CCCCCCCCCCCCCCCCC/C=C\C/C=C\CCCCCCCCCCC. The lowest BCUT2D eigenvalue weighted by Gasteiger charge is -2.19. The Kier molecular flexibility index (Phi) is 46.3. The summed E-state index contributed by atoms with van der Waals surface area (Å²) in [7, 11) is 0. The summed E-state index contributed by atoms with van der Waals surface area (Å²) in [5, 5.41) is 23.0. The molecule has 0 fully saturated rings. The van der Waals surface area contributed by atoms with E-state index >= 15 is 0 Å². The van der Waals surface area contributed by atoms with Crippen molar-refractivity contribution in [2.75, 3.05) is 6.61 Å². The van der Waals surface area contributed by atoms with Crippen LogP contribution in [0.1, 0.15) is 258 Å². The lowest BCUT2D eigenvalue weighted by molar-refractivity contribution is -0.123. The van der Waals surface area contributed by atoms with E-state index in [1.165, 1.54) is 199 Å². The van der Waals surface area contributed by atoms with Crippen LogP contribution < -0.4 is 5.32 Å². The summed E-state index contributed by atoms with van der Waals surface area (Å²) in [4.78, 5) is 12.4. The first-order valence-corrected chi connectivity index (χ1v) is 24.9. The number of hydrogen-bond donors (Lipinski definition) is 3. The van der Waals surface area contributed by atoms with Crippen molar-refractivity contribution in [2.45, 2.75) is 270 Å². The number of allylic oxidation sites excluding steroid dienone is 7. The topological polar surface area (TPSA) is 69.6 Å². The fraction of sp³-hybridized carbons (Fsp3) is 0.827. The van der Waals surface area contributed by atoms with Gasteiger partial charge in [0.2, 0.25) is 5.91 Å². The van der Waals surface area contributed by atoms with Crippen molar-refractivity contribution in [3.05, 3.63) is 48.6 Å². The molecule has 328 valence electrons. The highest BCUT2D eigenvalue weighted by Crippen LogP contribution is 2.15. The molecule has 1 amide bonds. The minimum absolute atomic E-state index is 0.0739. The first kappa shape index (κ1) is 54.3. The number of hydrogen-bond acceptors (Lipinski definition) is 3. The van der Waals surface area contributed by atoms with Gasteiger partial charge in [0.25, 0.3) is 0 Å². The fourth-order valence-corrected chi connectivity index (χ4v) is 7.46. The van der Waals surface area contributed by atoms with E-state index in [4.69, 9.17) is 0 Å². The number of nitrogens with one attached hydrogen (secondary N) is 1. The second kappa shape index (κ2) is 47.7. The maximum atomic E-state index is 12.4. The summed E-state index contributed by atoms with van der Waals surface area (Å²) in [6, 6.07) is -0.638. The maximum Gasteiger partial charge on any atom is 0.220 e. The van der Waals surface area contributed by atoms with Gasteiger partial charge in [0, 0.05) is 6.42 Å². The number of amides is 1. The normalized spacial score (nSPS) is 13.3. The van der Waals surface area contributed by atoms with Gasteiger partial charge in [-0.15, -0.1) is 0 Å². The molecular formula is C52H97NO3. The van der Waals surface area contributed by atoms with Crippen molar-refractivity contribution in [1.82, 2.24) is 5.32 Å². The van der Waals surface area contributed by atoms with Crippen molar-refractivity contribution in [3.8, 4) is 0 Å². The van der Waals surface area contributed by atoms with Crippen molar-refractivity contribution >= 4 is 5.91 Å². The van der Waals surface area contributed by atoms with E-state index in [1.54, 1.807) is 6.08 Å². The maximum absolute atomic E-state index is 12.4. The lowest BCUT2D eigenvalue weighted by Crippen LogP contribution is -2.45. The third-order valence-electron chi connectivity index (χ3n) is 11.3. The van der Waals surface area contributed by atoms with Crippen molar-refractivity contribution in [3.63, 3.8) is 0 Å². The molecule has 0 spiro atoms. The molecule has 0 aliphatic carbocycles. The van der Waals surface area contributed by atoms with Gasteiger partial charge in [0.05, 0.1) is 18.8 Å². The molecule has 3 N–H and O–H groups in total. The average molecular weight is 784 g/mol. The minimum Gasteiger partial charge on any atom is -0.394 e. The van der Waals surface area contributed by atoms with Crippen molar-refractivity contribution in [2.24, 2.45) is 0 Å². The molecule has 0 rings (SSSR count). The molecule has 4 nitrogen and oxygen atoms in total. The molecule has 0 heterocycles. The molecular weight excluding hydrogens is 687 g/mol. The van der Waals surface area contributed by atoms with Crippen molar-refractivity contribution < 1.29 is 15.0 Å². The van der Waals surface area contributed by atoms with Gasteiger partial charge in [-0.2, -0.15) is 0 Å². The van der Waals surface area contributed by atoms with Gasteiger partial charge in [-0.25, -0.2) is 0 Å². The Bertz CT molecular complexity index is 893. The molecule has 0 radical (unpaired) electrons. The first-order chi connectivity index (χ1) is 27.7. The van der Waals surface area contributed by atoms with Crippen LogP contribution in [-0.4, -0.2) is 34.9 Å². The van der Waals surface area contributed by atoms with E-state index in [-0.39, 0.29) is 12.5 Å². The van der Waals surface area contributed by atoms with E-state index in [1.807, 2.05) is 6.08 Å². The van der Waals surface area contributed by atoms with Gasteiger partial charge in [-0.1, -0.05) is 236 Å². The van der Waals surface area contributed by atoms with Crippen molar-refractivity contribution in [1.29, 1.82) is 0 Å². The van der Waals surface area contributed by atoms with Crippen LogP contribution in [0.4, 0.5) is 0 Å². The lowest BCUT2D eigenvalue weighted by atomic mass is 10.0. The Morgan fingerprint density at radius 1 is 0.429 bits per heavy atom. The number of rotatable bonds is 45. The average Bonchev–Trinajstić information content (AvgIpc) is 3.20. The Balaban J connectivity index is 3.49. The highest BCUT2D eigenvalue weighted by molar-refractivity contribution is 5.76. The van der Waals surface area contributed by atoms with E-state index in [0.29, 0.717) is 6.42 Å². The highest BCUT2D eigenvalue weighted by atomic mass is 16.3. The molecule has 0 aliphatic heterocycles. The quantitative estimate of drug-likeness (QED) is 0.0425. The second-order valence-corrected chi connectivity index (χ2v) is 16.9. The zero-order chi connectivity index (χ0) is 40.7. The number of carbonyl (C=O) groups is 1. The van der Waals surface area contributed by atoms with Crippen LogP contribution in [0, 0.1) is 0 Å². The Morgan fingerprint density at radius 3 is 1.14 bits per heavy atom. The van der Waals surface area contributed by atoms with Crippen LogP contribution in [0.15, 0.2) is 48.6 Å². The smallest absolute Gasteiger partial charge is 0.220 e. The summed E-state index contributed by atoms with van der Waals surface area (Å²) in [5.41, 5.74) is 0. The Labute approximate surface area is 350 Å². The third-order valence-corrected chi connectivity index (χ3v) is 11.3. The zero-order valence-corrected chi connectivity index (χ0v) is 37.7. The predicted molar refractivity (Wildman–Crippen MR) is 248 cm³/mol. The number of unbranched alkanes of at least 4 members (excludes halogenated alkanes) is 32. The van der Waals surface area contributed by atoms with Crippen LogP contribution in [0.3, 0.4) is 0 Å². The predicted octanol–water partition coefficient (Wildman–Crippen LogP) is 15.9. The van der Waals surface area contributed by atoms with Gasteiger partial charge >= 0.3 is 0 Å². The van der Waals surface area contributed by atoms with Crippen LogP contribution in [0.2, 0.25) is 0 Å². The largest absolute Gasteiger partial charge is 0.394 e. The highest BCUT2D eigenvalue weighted by Gasteiger charge is 2.17. The second-order valence-electron chi connectivity index (χ2n) is 16.9. The molecule has 0 aromatic carbocycles. The number of carbonyl (C=O) groups excluding carboxylic acids is 1. The third kappa shape index (κ3) is 43.5. The van der Waals surface area contributed by atoms with Gasteiger partial charge < -0.3 is 15.5 Å². The summed E-state index contributed by atoms with van der Waals surface area (Å²) >= 11 is 0.